The molecule has 2 amide bonds. The van der Waals surface area contributed by atoms with Crippen LogP contribution in [0, 0.1) is 0 Å². The minimum absolute atomic E-state index is 0.127. The summed E-state index contributed by atoms with van der Waals surface area (Å²) in [5, 5.41) is 0. The zero-order chi connectivity index (χ0) is 18.6. The molecule has 1 fully saturated rings. The number of hydrogen-bond acceptors (Lipinski definition) is 4. The first-order valence-corrected chi connectivity index (χ1v) is 9.65. The van der Waals surface area contributed by atoms with E-state index in [2.05, 4.69) is 4.72 Å². The molecule has 2 aromatic rings. The smallest absolute Gasteiger partial charge is 0.261 e. The van der Waals surface area contributed by atoms with E-state index in [4.69, 9.17) is 0 Å². The number of amides is 2. The summed E-state index contributed by atoms with van der Waals surface area (Å²) in [7, 11) is -3.79. The molecule has 7 nitrogen and oxygen atoms in total. The van der Waals surface area contributed by atoms with E-state index >= 15 is 0 Å². The molecule has 1 aliphatic heterocycles. The average molecular weight is 373 g/mol. The van der Waals surface area contributed by atoms with Gasteiger partial charge in [0.15, 0.2) is 0 Å². The Bertz CT molecular complexity index is 892. The molecule has 0 radical (unpaired) electrons. The first-order chi connectivity index (χ1) is 12.5. The summed E-state index contributed by atoms with van der Waals surface area (Å²) < 4.78 is 27.6. The minimum atomic E-state index is -3.79. The van der Waals surface area contributed by atoms with Gasteiger partial charge in [0.1, 0.15) is 0 Å². The number of para-hydroxylation sites is 1. The standard InChI is InChI=1S/C18H19N3O4S/c22-14-20-10-12-21(13-11-20)18(23)16-8-4-5-9-17(16)19-26(24,25)15-6-2-1-3-7-15/h1-9,14,19H,10-13H2. The Hall–Kier alpha value is -2.87. The van der Waals surface area contributed by atoms with Gasteiger partial charge in [0.2, 0.25) is 6.41 Å². The SMILES string of the molecule is O=CN1CCN(C(=O)c2ccccc2NS(=O)(=O)c2ccccc2)CC1. The molecule has 0 unspecified atom stereocenters. The van der Waals surface area contributed by atoms with Crippen molar-refractivity contribution in [3.63, 3.8) is 0 Å². The number of anilines is 1. The van der Waals surface area contributed by atoms with Gasteiger partial charge in [-0.15, -0.1) is 0 Å². The van der Waals surface area contributed by atoms with Crippen molar-refractivity contribution in [1.82, 2.24) is 9.80 Å². The van der Waals surface area contributed by atoms with Crippen LogP contribution in [0.2, 0.25) is 0 Å². The average Bonchev–Trinajstić information content (AvgIpc) is 2.68. The number of sulfonamides is 1. The van der Waals surface area contributed by atoms with Crippen LogP contribution < -0.4 is 4.72 Å². The molecule has 1 N–H and O–H groups in total. The van der Waals surface area contributed by atoms with Crippen molar-refractivity contribution < 1.29 is 18.0 Å². The Labute approximate surface area is 152 Å². The van der Waals surface area contributed by atoms with Crippen molar-refractivity contribution in [2.45, 2.75) is 4.90 Å². The predicted molar refractivity (Wildman–Crippen MR) is 97.2 cm³/mol. The van der Waals surface area contributed by atoms with Crippen molar-refractivity contribution in [1.29, 1.82) is 0 Å². The third kappa shape index (κ3) is 3.85. The zero-order valence-corrected chi connectivity index (χ0v) is 14.9. The summed E-state index contributed by atoms with van der Waals surface area (Å²) in [5.74, 6) is -0.262. The number of benzene rings is 2. The quantitative estimate of drug-likeness (QED) is 0.803. The molecule has 2 aromatic carbocycles. The first kappa shape index (κ1) is 17.9. The lowest BCUT2D eigenvalue weighted by Crippen LogP contribution is -2.48. The minimum Gasteiger partial charge on any atom is -0.342 e. The molecule has 0 saturated carbocycles. The van der Waals surface area contributed by atoms with E-state index in [0.717, 1.165) is 6.41 Å². The van der Waals surface area contributed by atoms with Crippen molar-refractivity contribution in [2.75, 3.05) is 30.9 Å². The Morgan fingerprint density at radius 3 is 2.19 bits per heavy atom. The van der Waals surface area contributed by atoms with Gasteiger partial charge >= 0.3 is 0 Å². The zero-order valence-electron chi connectivity index (χ0n) is 14.0. The number of rotatable bonds is 5. The lowest BCUT2D eigenvalue weighted by Gasteiger charge is -2.33. The van der Waals surface area contributed by atoms with Gasteiger partial charge in [0.05, 0.1) is 16.1 Å². The summed E-state index contributed by atoms with van der Waals surface area (Å²) in [6.45, 7) is 1.76. The summed E-state index contributed by atoms with van der Waals surface area (Å²) in [6, 6.07) is 14.5. The van der Waals surface area contributed by atoms with E-state index < -0.39 is 10.0 Å². The van der Waals surface area contributed by atoms with Crippen molar-refractivity contribution in [3.8, 4) is 0 Å². The highest BCUT2D eigenvalue weighted by Gasteiger charge is 2.24. The number of carbonyl (C=O) groups is 2. The second kappa shape index (κ2) is 7.57. The van der Waals surface area contributed by atoms with Crippen LogP contribution in [0.15, 0.2) is 59.5 Å². The fourth-order valence-electron chi connectivity index (χ4n) is 2.76. The van der Waals surface area contributed by atoms with E-state index in [1.165, 1.54) is 12.1 Å². The van der Waals surface area contributed by atoms with Gasteiger partial charge in [-0.3, -0.25) is 14.3 Å². The van der Waals surface area contributed by atoms with E-state index in [0.29, 0.717) is 26.2 Å². The molecule has 26 heavy (non-hydrogen) atoms. The lowest BCUT2D eigenvalue weighted by molar-refractivity contribution is -0.119. The maximum atomic E-state index is 12.8. The fraction of sp³-hybridized carbons (Fsp3) is 0.222. The van der Waals surface area contributed by atoms with Gasteiger partial charge in [-0.25, -0.2) is 8.42 Å². The second-order valence-corrected chi connectivity index (χ2v) is 7.58. The summed E-state index contributed by atoms with van der Waals surface area (Å²) in [4.78, 5) is 27.0. The van der Waals surface area contributed by atoms with E-state index in [-0.39, 0.29) is 22.1 Å². The van der Waals surface area contributed by atoms with Crippen LogP contribution in [-0.2, 0) is 14.8 Å². The molecule has 1 heterocycles. The van der Waals surface area contributed by atoms with Crippen molar-refractivity contribution >= 4 is 28.0 Å². The molecule has 1 saturated heterocycles. The van der Waals surface area contributed by atoms with Crippen LogP contribution in [0.5, 0.6) is 0 Å². The summed E-state index contributed by atoms with van der Waals surface area (Å²) in [6.07, 6.45) is 0.768. The number of carbonyl (C=O) groups excluding carboxylic acids is 2. The fourth-order valence-corrected chi connectivity index (χ4v) is 3.86. The highest BCUT2D eigenvalue weighted by atomic mass is 32.2. The molecule has 1 aliphatic rings. The monoisotopic (exact) mass is 373 g/mol. The number of nitrogens with one attached hydrogen (secondary N) is 1. The van der Waals surface area contributed by atoms with Crippen molar-refractivity contribution in [2.24, 2.45) is 0 Å². The maximum absolute atomic E-state index is 12.8. The van der Waals surface area contributed by atoms with E-state index in [1.807, 2.05) is 0 Å². The number of piperazine rings is 1. The van der Waals surface area contributed by atoms with Gasteiger partial charge in [0.25, 0.3) is 15.9 Å². The highest BCUT2D eigenvalue weighted by molar-refractivity contribution is 7.92. The number of hydrogen-bond donors (Lipinski definition) is 1. The van der Waals surface area contributed by atoms with Gasteiger partial charge < -0.3 is 9.80 Å². The van der Waals surface area contributed by atoms with Gasteiger partial charge in [0, 0.05) is 26.2 Å². The van der Waals surface area contributed by atoms with Crippen LogP contribution in [0.1, 0.15) is 10.4 Å². The topological polar surface area (TPSA) is 86.8 Å². The molecule has 0 aromatic heterocycles. The van der Waals surface area contributed by atoms with Gasteiger partial charge in [-0.05, 0) is 24.3 Å². The molecule has 0 spiro atoms. The normalized spacial score (nSPS) is 14.8. The molecule has 136 valence electrons. The Morgan fingerprint density at radius 1 is 0.923 bits per heavy atom. The Balaban J connectivity index is 1.83. The molecule has 3 rings (SSSR count). The molecule has 8 heteroatoms. The van der Waals surface area contributed by atoms with E-state index in [9.17, 15) is 18.0 Å². The Morgan fingerprint density at radius 2 is 1.54 bits per heavy atom. The van der Waals surface area contributed by atoms with Gasteiger partial charge in [-0.1, -0.05) is 30.3 Å². The van der Waals surface area contributed by atoms with Crippen LogP contribution >= 0.6 is 0 Å². The third-order valence-electron chi connectivity index (χ3n) is 4.21. The van der Waals surface area contributed by atoms with Crippen LogP contribution in [0.25, 0.3) is 0 Å². The molecule has 0 bridgehead atoms. The van der Waals surface area contributed by atoms with Crippen molar-refractivity contribution in [3.05, 3.63) is 60.2 Å². The molecule has 0 atom stereocenters. The molecular formula is C18H19N3O4S. The summed E-state index contributed by atoms with van der Waals surface area (Å²) >= 11 is 0. The van der Waals surface area contributed by atoms with Gasteiger partial charge in [-0.2, -0.15) is 0 Å². The second-order valence-electron chi connectivity index (χ2n) is 5.90. The lowest BCUT2D eigenvalue weighted by atomic mass is 10.1. The summed E-state index contributed by atoms with van der Waals surface area (Å²) in [5.41, 5.74) is 0.519. The largest absolute Gasteiger partial charge is 0.342 e. The third-order valence-corrected chi connectivity index (χ3v) is 5.59. The van der Waals surface area contributed by atoms with Crippen LogP contribution in [0.3, 0.4) is 0 Å². The Kier molecular flexibility index (Phi) is 5.22. The van der Waals surface area contributed by atoms with Crippen LogP contribution in [0.4, 0.5) is 5.69 Å². The maximum Gasteiger partial charge on any atom is 0.261 e. The predicted octanol–water partition coefficient (Wildman–Crippen LogP) is 1.40. The first-order valence-electron chi connectivity index (χ1n) is 8.17. The highest BCUT2D eigenvalue weighted by Crippen LogP contribution is 2.22. The molecule has 0 aliphatic carbocycles. The molecular weight excluding hydrogens is 354 g/mol. The number of nitrogens with zero attached hydrogens (tertiary/aromatic N) is 2. The van der Waals surface area contributed by atoms with E-state index in [1.54, 1.807) is 52.3 Å². The van der Waals surface area contributed by atoms with Crippen LogP contribution in [-0.4, -0.2) is 56.7 Å².